The molecule has 5 aliphatic rings. The summed E-state index contributed by atoms with van der Waals surface area (Å²) in [4.78, 5) is 15.2. The van der Waals surface area contributed by atoms with Crippen LogP contribution in [0.2, 0.25) is 0 Å². The van der Waals surface area contributed by atoms with Crippen LogP contribution < -0.4 is 0 Å². The first-order valence-electron chi connectivity index (χ1n) is 10.6. The molecule has 3 heterocycles. The maximum absolute atomic E-state index is 12.7. The monoisotopic (exact) mass is 347 g/mol. The summed E-state index contributed by atoms with van der Waals surface area (Å²) in [7, 11) is 0. The first kappa shape index (κ1) is 16.6. The molecule has 4 nitrogen and oxygen atoms in total. The largest absolute Gasteiger partial charge is 0.462 e. The van der Waals surface area contributed by atoms with Gasteiger partial charge in [0.05, 0.1) is 18.1 Å². The van der Waals surface area contributed by atoms with Gasteiger partial charge in [0.1, 0.15) is 6.10 Å². The molecule has 4 heteroatoms. The highest BCUT2D eigenvalue weighted by atomic mass is 16.6. The number of ether oxygens (including phenoxy) is 2. The molecule has 5 rings (SSSR count). The molecule has 0 radical (unpaired) electrons. The molecule has 0 unspecified atom stereocenters. The highest BCUT2D eigenvalue weighted by Crippen LogP contribution is 2.62. The summed E-state index contributed by atoms with van der Waals surface area (Å²) in [6.07, 6.45) is 8.69. The van der Waals surface area contributed by atoms with Crippen molar-refractivity contribution < 1.29 is 14.3 Å². The van der Waals surface area contributed by atoms with Crippen molar-refractivity contribution in [3.8, 4) is 0 Å². The predicted molar refractivity (Wildman–Crippen MR) is 95.1 cm³/mol. The molecule has 3 saturated heterocycles. The zero-order valence-electron chi connectivity index (χ0n) is 15.8. The molecule has 140 valence electrons. The zero-order valence-corrected chi connectivity index (χ0v) is 15.8. The van der Waals surface area contributed by atoms with E-state index >= 15 is 0 Å². The van der Waals surface area contributed by atoms with Crippen LogP contribution in [0, 0.1) is 29.1 Å². The van der Waals surface area contributed by atoms with Crippen LogP contribution in [0.1, 0.15) is 58.8 Å². The highest BCUT2D eigenvalue weighted by molar-refractivity contribution is 5.75. The molecule has 2 aliphatic carbocycles. The zero-order chi connectivity index (χ0) is 17.2. The van der Waals surface area contributed by atoms with E-state index in [2.05, 4.69) is 18.7 Å². The molecular weight excluding hydrogens is 314 g/mol. The lowest BCUT2D eigenvalue weighted by Gasteiger charge is -2.51. The molecule has 3 aliphatic heterocycles. The average molecular weight is 347 g/mol. The van der Waals surface area contributed by atoms with Gasteiger partial charge in [0.25, 0.3) is 0 Å². The van der Waals surface area contributed by atoms with Crippen LogP contribution in [0.15, 0.2) is 0 Å². The van der Waals surface area contributed by atoms with E-state index in [9.17, 15) is 4.79 Å². The maximum atomic E-state index is 12.7. The van der Waals surface area contributed by atoms with Crippen LogP contribution in [0.3, 0.4) is 0 Å². The average Bonchev–Trinajstić information content (AvgIpc) is 3.28. The van der Waals surface area contributed by atoms with E-state index in [0.29, 0.717) is 17.3 Å². The minimum Gasteiger partial charge on any atom is -0.462 e. The SMILES string of the molecule is CC1CCN(C[C@@H]2C(=O)O[C@@H]3C[C@@]4(C)CCC[C@]5(CO5)[C@H]4C[C@H]23)CC1. The van der Waals surface area contributed by atoms with Crippen molar-refractivity contribution in [2.75, 3.05) is 26.2 Å². The Morgan fingerprint density at radius 2 is 2.00 bits per heavy atom. The molecule has 25 heavy (non-hydrogen) atoms. The minimum atomic E-state index is 0.0848. The molecule has 0 aromatic carbocycles. The van der Waals surface area contributed by atoms with Crippen molar-refractivity contribution in [1.82, 2.24) is 4.90 Å². The summed E-state index contributed by atoms with van der Waals surface area (Å²) in [5.74, 6) is 2.07. The fraction of sp³-hybridized carbons (Fsp3) is 0.952. The van der Waals surface area contributed by atoms with Gasteiger partial charge in [-0.15, -0.1) is 0 Å². The van der Waals surface area contributed by atoms with E-state index in [1.807, 2.05) is 0 Å². The topological polar surface area (TPSA) is 42.1 Å². The second kappa shape index (κ2) is 5.69. The number of esters is 1. The van der Waals surface area contributed by atoms with Crippen LogP contribution in [-0.4, -0.2) is 48.8 Å². The first-order chi connectivity index (χ1) is 12.0. The summed E-state index contributed by atoms with van der Waals surface area (Å²) in [5, 5.41) is 0. The molecule has 0 aromatic rings. The maximum Gasteiger partial charge on any atom is 0.310 e. The summed E-state index contributed by atoms with van der Waals surface area (Å²) in [5.41, 5.74) is 0.473. The van der Waals surface area contributed by atoms with E-state index in [1.54, 1.807) is 0 Å². The Balaban J connectivity index is 1.33. The number of nitrogens with zero attached hydrogens (tertiary/aromatic N) is 1. The van der Waals surface area contributed by atoms with Gasteiger partial charge in [-0.2, -0.15) is 0 Å². The normalized spacial score (nSPS) is 50.4. The Hall–Kier alpha value is -0.610. The number of rotatable bonds is 2. The summed E-state index contributed by atoms with van der Waals surface area (Å²) in [6, 6.07) is 0. The van der Waals surface area contributed by atoms with Gasteiger partial charge in [0.2, 0.25) is 0 Å². The molecular formula is C21H33NO3. The fourth-order valence-corrected chi connectivity index (χ4v) is 6.69. The number of carbonyl (C=O) groups is 1. The molecule has 6 atom stereocenters. The molecule has 5 fully saturated rings. The van der Waals surface area contributed by atoms with Crippen molar-refractivity contribution in [3.05, 3.63) is 0 Å². The summed E-state index contributed by atoms with van der Waals surface area (Å²) < 4.78 is 11.9. The van der Waals surface area contributed by atoms with Crippen molar-refractivity contribution >= 4 is 5.97 Å². The van der Waals surface area contributed by atoms with Gasteiger partial charge in [0, 0.05) is 12.5 Å². The van der Waals surface area contributed by atoms with Crippen molar-refractivity contribution in [2.45, 2.75) is 70.5 Å². The third-order valence-corrected chi connectivity index (χ3v) is 8.41. The van der Waals surface area contributed by atoms with Crippen molar-refractivity contribution in [2.24, 2.45) is 29.1 Å². The van der Waals surface area contributed by atoms with Gasteiger partial charge in [0.15, 0.2) is 0 Å². The van der Waals surface area contributed by atoms with Crippen molar-refractivity contribution in [3.63, 3.8) is 0 Å². The third-order valence-electron chi connectivity index (χ3n) is 8.41. The minimum absolute atomic E-state index is 0.0848. The molecule has 0 aromatic heterocycles. The number of likely N-dealkylation sites (tertiary alicyclic amines) is 1. The van der Waals surface area contributed by atoms with Crippen LogP contribution >= 0.6 is 0 Å². The molecule has 0 N–H and O–H groups in total. The second-order valence-electron chi connectivity index (χ2n) is 10.1. The van der Waals surface area contributed by atoms with Crippen molar-refractivity contribution in [1.29, 1.82) is 0 Å². The van der Waals surface area contributed by atoms with E-state index < -0.39 is 0 Å². The molecule has 0 bridgehead atoms. The second-order valence-corrected chi connectivity index (χ2v) is 10.1. The summed E-state index contributed by atoms with van der Waals surface area (Å²) in [6.45, 7) is 8.95. The Morgan fingerprint density at radius 3 is 2.72 bits per heavy atom. The molecule has 2 saturated carbocycles. The molecule has 1 spiro atoms. The van der Waals surface area contributed by atoms with E-state index in [0.717, 1.165) is 45.0 Å². The Morgan fingerprint density at radius 1 is 1.24 bits per heavy atom. The number of fused-ring (bicyclic) bond motifs is 3. The van der Waals surface area contributed by atoms with Crippen LogP contribution in [0.25, 0.3) is 0 Å². The first-order valence-corrected chi connectivity index (χ1v) is 10.6. The van der Waals surface area contributed by atoms with Gasteiger partial charge in [-0.25, -0.2) is 0 Å². The van der Waals surface area contributed by atoms with E-state index in [-0.39, 0.29) is 23.6 Å². The van der Waals surface area contributed by atoms with Crippen LogP contribution in [0.4, 0.5) is 0 Å². The highest BCUT2D eigenvalue weighted by Gasteiger charge is 2.65. The van der Waals surface area contributed by atoms with E-state index in [4.69, 9.17) is 9.47 Å². The van der Waals surface area contributed by atoms with Gasteiger partial charge in [-0.1, -0.05) is 13.8 Å². The van der Waals surface area contributed by atoms with Gasteiger partial charge >= 0.3 is 5.97 Å². The Bertz CT molecular complexity index is 551. The number of piperidine rings is 1. The lowest BCUT2D eigenvalue weighted by atomic mass is 9.53. The van der Waals surface area contributed by atoms with Gasteiger partial charge in [-0.05, 0) is 75.3 Å². The van der Waals surface area contributed by atoms with Gasteiger partial charge in [-0.3, -0.25) is 4.79 Å². The number of hydrogen-bond acceptors (Lipinski definition) is 4. The lowest BCUT2D eigenvalue weighted by molar-refractivity contribution is -0.147. The quantitative estimate of drug-likeness (QED) is 0.568. The lowest BCUT2D eigenvalue weighted by Crippen LogP contribution is -2.51. The van der Waals surface area contributed by atoms with Crippen LogP contribution in [0.5, 0.6) is 0 Å². The number of epoxide rings is 1. The predicted octanol–water partition coefficient (Wildman–Crippen LogP) is 3.25. The number of hydrogen-bond donors (Lipinski definition) is 0. The van der Waals surface area contributed by atoms with Gasteiger partial charge < -0.3 is 14.4 Å². The van der Waals surface area contributed by atoms with E-state index in [1.165, 1.54) is 32.1 Å². The summed E-state index contributed by atoms with van der Waals surface area (Å²) >= 11 is 0. The third kappa shape index (κ3) is 2.66. The molecule has 0 amide bonds. The Kier molecular flexibility index (Phi) is 3.77. The standard InChI is InChI=1S/C21H33NO3/c1-14-4-8-22(9-5-14)12-16-15-10-18-20(2,11-17(15)25-19(16)23)6-3-7-21(18)13-24-21/h14-18H,3-13H2,1-2H3/t15-,16+,17-,18+,20-,21+/m1/s1. The fourth-order valence-electron chi connectivity index (χ4n) is 6.69. The Labute approximate surface area is 151 Å². The number of carbonyl (C=O) groups excluding carboxylic acids is 1. The smallest absolute Gasteiger partial charge is 0.310 e. The van der Waals surface area contributed by atoms with Crippen LogP contribution in [-0.2, 0) is 14.3 Å².